The normalized spacial score (nSPS) is 18.6. The van der Waals surface area contributed by atoms with Gasteiger partial charge >= 0.3 is 0 Å². The van der Waals surface area contributed by atoms with Gasteiger partial charge in [0.2, 0.25) is 5.95 Å². The van der Waals surface area contributed by atoms with Crippen LogP contribution in [0.2, 0.25) is 5.02 Å². The minimum absolute atomic E-state index is 0.00392. The third-order valence-electron chi connectivity index (χ3n) is 6.04. The van der Waals surface area contributed by atoms with Gasteiger partial charge in [-0.1, -0.05) is 23.7 Å². The number of anilines is 2. The molecular weight excluding hydrogens is 494 g/mol. The number of carbonyl (C=O) groups excluding carboxylic acids is 1. The van der Waals surface area contributed by atoms with Crippen molar-refractivity contribution in [1.29, 1.82) is 0 Å². The van der Waals surface area contributed by atoms with Crippen molar-refractivity contribution in [1.82, 2.24) is 15.3 Å². The molecule has 0 bridgehead atoms. The highest BCUT2D eigenvalue weighted by Crippen LogP contribution is 2.32. The molecule has 0 unspecified atom stereocenters. The number of hydrogen-bond acceptors (Lipinski definition) is 8. The molecule has 1 amide bonds. The van der Waals surface area contributed by atoms with Crippen molar-refractivity contribution in [2.24, 2.45) is 5.92 Å². The first-order valence-corrected chi connectivity index (χ1v) is 14.2. The number of para-hydroxylation sites is 1. The van der Waals surface area contributed by atoms with Crippen LogP contribution in [0.25, 0.3) is 10.9 Å². The van der Waals surface area contributed by atoms with E-state index in [0.29, 0.717) is 18.4 Å². The Bertz CT molecular complexity index is 1300. The average Bonchev–Trinajstić information content (AvgIpc) is 3.19. The highest BCUT2D eigenvalue weighted by molar-refractivity contribution is 7.91. The summed E-state index contributed by atoms with van der Waals surface area (Å²) in [7, 11) is 0.496. The third-order valence-corrected chi connectivity index (χ3v) is 8.91. The Morgan fingerprint density at radius 1 is 1.18 bits per heavy atom. The second kappa shape index (κ2) is 10.1. The zero-order chi connectivity index (χ0) is 24.5. The van der Waals surface area contributed by atoms with Crippen LogP contribution < -0.4 is 15.5 Å². The molecule has 182 valence electrons. The highest BCUT2D eigenvalue weighted by Gasteiger charge is 2.25. The van der Waals surface area contributed by atoms with E-state index in [9.17, 15) is 13.2 Å². The number of fused-ring (bicyclic) bond motifs is 1. The maximum Gasteiger partial charge on any atom is 0.262 e. The molecule has 2 aromatic heterocycles. The molecule has 0 spiro atoms. The Kier molecular flexibility index (Phi) is 7.30. The predicted octanol–water partition coefficient (Wildman–Crippen LogP) is 4.21. The molecule has 1 aliphatic rings. The molecule has 0 aliphatic heterocycles. The van der Waals surface area contributed by atoms with Crippen molar-refractivity contribution in [2.45, 2.75) is 36.6 Å². The van der Waals surface area contributed by atoms with Gasteiger partial charge in [0.05, 0.1) is 15.4 Å². The summed E-state index contributed by atoms with van der Waals surface area (Å²) in [4.78, 5) is 24.2. The zero-order valence-corrected chi connectivity index (χ0v) is 21.7. The van der Waals surface area contributed by atoms with Crippen molar-refractivity contribution in [3.63, 3.8) is 0 Å². The molecule has 1 fully saturated rings. The number of thiophene rings is 1. The van der Waals surface area contributed by atoms with Gasteiger partial charge in [0, 0.05) is 43.7 Å². The van der Waals surface area contributed by atoms with Crippen LogP contribution in [-0.4, -0.2) is 57.2 Å². The summed E-state index contributed by atoms with van der Waals surface area (Å²) in [6.07, 6.45) is 4.90. The van der Waals surface area contributed by atoms with Gasteiger partial charge in [-0.25, -0.2) is 13.4 Å². The smallest absolute Gasteiger partial charge is 0.262 e. The summed E-state index contributed by atoms with van der Waals surface area (Å²) in [6, 6.07) is 8.26. The highest BCUT2D eigenvalue weighted by atomic mass is 35.5. The molecule has 0 saturated heterocycles. The molecule has 0 radical (unpaired) electrons. The van der Waals surface area contributed by atoms with Gasteiger partial charge in [0.15, 0.2) is 9.84 Å². The number of amides is 1. The lowest BCUT2D eigenvalue weighted by Crippen LogP contribution is -2.34. The van der Waals surface area contributed by atoms with E-state index in [2.05, 4.69) is 10.6 Å². The summed E-state index contributed by atoms with van der Waals surface area (Å²) in [5, 5.41) is 8.86. The van der Waals surface area contributed by atoms with Gasteiger partial charge in [0.25, 0.3) is 5.91 Å². The van der Waals surface area contributed by atoms with Gasteiger partial charge in [-0.05, 0) is 43.7 Å². The molecule has 4 rings (SSSR count). The molecule has 2 heterocycles. The number of benzene rings is 1. The average molecular weight is 522 g/mol. The van der Waals surface area contributed by atoms with Crippen LogP contribution in [0.1, 0.15) is 35.4 Å². The van der Waals surface area contributed by atoms with Crippen molar-refractivity contribution in [2.75, 3.05) is 37.1 Å². The van der Waals surface area contributed by atoms with E-state index in [0.717, 1.165) is 60.0 Å². The summed E-state index contributed by atoms with van der Waals surface area (Å²) in [6.45, 7) is 0.533. The number of halogens is 1. The fraction of sp³-hybridized carbons (Fsp3) is 0.435. The molecule has 1 aliphatic carbocycles. The van der Waals surface area contributed by atoms with Gasteiger partial charge in [0.1, 0.15) is 10.7 Å². The number of nitrogens with zero attached hydrogens (tertiary/aromatic N) is 3. The van der Waals surface area contributed by atoms with Crippen molar-refractivity contribution in [3.8, 4) is 0 Å². The Morgan fingerprint density at radius 3 is 2.53 bits per heavy atom. The number of nitrogens with one attached hydrogen (secondary N) is 2. The number of aromatic nitrogens is 2. The minimum Gasteiger partial charge on any atom is -0.362 e. The predicted molar refractivity (Wildman–Crippen MR) is 138 cm³/mol. The first-order chi connectivity index (χ1) is 16.1. The van der Waals surface area contributed by atoms with E-state index >= 15 is 0 Å². The second-order valence-corrected chi connectivity index (χ2v) is 12.1. The van der Waals surface area contributed by atoms with Gasteiger partial charge in [-0.2, -0.15) is 4.98 Å². The Hall–Kier alpha value is -2.43. The van der Waals surface area contributed by atoms with Gasteiger partial charge in [-0.15, -0.1) is 11.3 Å². The summed E-state index contributed by atoms with van der Waals surface area (Å²) in [5.74, 6) is 1.54. The Morgan fingerprint density at radius 2 is 1.88 bits per heavy atom. The van der Waals surface area contributed by atoms with Crippen LogP contribution >= 0.6 is 22.9 Å². The van der Waals surface area contributed by atoms with E-state index in [1.54, 1.807) is 0 Å². The van der Waals surface area contributed by atoms with E-state index in [4.69, 9.17) is 21.6 Å². The van der Waals surface area contributed by atoms with Gasteiger partial charge < -0.3 is 15.5 Å². The van der Waals surface area contributed by atoms with Crippen LogP contribution in [0, 0.1) is 5.92 Å². The van der Waals surface area contributed by atoms with Crippen LogP contribution in [0.4, 0.5) is 11.8 Å². The minimum atomic E-state index is -3.45. The molecular formula is C23H28ClN5O3S2. The van der Waals surface area contributed by atoms with E-state index < -0.39 is 9.84 Å². The van der Waals surface area contributed by atoms with Crippen molar-refractivity contribution >= 4 is 61.4 Å². The quantitative estimate of drug-likeness (QED) is 0.479. The lowest BCUT2D eigenvalue weighted by molar-refractivity contribution is 0.0947. The van der Waals surface area contributed by atoms with E-state index in [1.807, 2.05) is 43.3 Å². The number of hydrogen-bond donors (Lipinski definition) is 2. The largest absolute Gasteiger partial charge is 0.362 e. The van der Waals surface area contributed by atoms with E-state index in [1.165, 1.54) is 5.38 Å². The van der Waals surface area contributed by atoms with Crippen LogP contribution in [0.15, 0.2) is 34.5 Å². The molecule has 2 N–H and O–H groups in total. The van der Waals surface area contributed by atoms with Crippen LogP contribution in [0.3, 0.4) is 0 Å². The Balaban J connectivity index is 1.32. The lowest BCUT2D eigenvalue weighted by Gasteiger charge is -2.29. The lowest BCUT2D eigenvalue weighted by atomic mass is 9.86. The molecule has 1 saturated carbocycles. The number of sulfone groups is 1. The van der Waals surface area contributed by atoms with Crippen molar-refractivity contribution < 1.29 is 13.2 Å². The third kappa shape index (κ3) is 5.45. The summed E-state index contributed by atoms with van der Waals surface area (Å²) < 4.78 is 23.5. The molecule has 1 aromatic carbocycles. The Labute approximate surface area is 208 Å². The summed E-state index contributed by atoms with van der Waals surface area (Å²) in [5.41, 5.74) is 0.909. The van der Waals surface area contributed by atoms with Crippen molar-refractivity contribution in [3.05, 3.63) is 39.5 Å². The number of carbonyl (C=O) groups is 1. The molecule has 8 nitrogen and oxygen atoms in total. The first-order valence-electron chi connectivity index (χ1n) is 11.1. The molecule has 3 aromatic rings. The van der Waals surface area contributed by atoms with Crippen LogP contribution in [0.5, 0.6) is 0 Å². The molecule has 11 heteroatoms. The van der Waals surface area contributed by atoms with E-state index in [-0.39, 0.29) is 26.7 Å². The molecule has 34 heavy (non-hydrogen) atoms. The zero-order valence-electron chi connectivity index (χ0n) is 19.3. The van der Waals surface area contributed by atoms with Crippen LogP contribution in [-0.2, 0) is 9.84 Å². The topological polar surface area (TPSA) is 104 Å². The number of rotatable bonds is 7. The maximum atomic E-state index is 12.5. The molecule has 0 atom stereocenters. The second-order valence-electron chi connectivity index (χ2n) is 8.87. The fourth-order valence-corrected chi connectivity index (χ4v) is 7.04. The maximum absolute atomic E-state index is 12.5. The van der Waals surface area contributed by atoms with Gasteiger partial charge in [-0.3, -0.25) is 4.79 Å². The fourth-order valence-electron chi connectivity index (χ4n) is 4.21. The first kappa shape index (κ1) is 24.7. The SMILES string of the molecule is CN(C)c1nc(NC2CCC(CNC(=O)c3scc(S(C)(=O)=O)c3Cl)CC2)nc2ccccc12. The summed E-state index contributed by atoms with van der Waals surface area (Å²) >= 11 is 7.19. The monoisotopic (exact) mass is 521 g/mol. The standard InChI is InChI=1S/C23H28ClN5O3S2/c1-29(2)21-16-6-4-5-7-17(16)27-23(28-21)26-15-10-8-14(9-11-15)12-25-22(30)20-19(24)18(13-33-20)34(3,31)32/h4-7,13-15H,8-12H2,1-3H3,(H,25,30)(H,26,27,28).